The van der Waals surface area contributed by atoms with Crippen LogP contribution in [0.1, 0.15) is 52.7 Å². The number of rotatable bonds is 0. The molecule has 1 heterocycles. The van der Waals surface area contributed by atoms with E-state index in [0.717, 1.165) is 5.02 Å². The van der Waals surface area contributed by atoms with Crippen LogP contribution in [-0.2, 0) is 10.8 Å². The average molecular weight is 331 g/mol. The molecule has 22 heavy (non-hydrogen) atoms. The predicted molar refractivity (Wildman–Crippen MR) is 103 cm³/mol. The summed E-state index contributed by atoms with van der Waals surface area (Å²) < 4.78 is 0. The van der Waals surface area contributed by atoms with Gasteiger partial charge in [0, 0.05) is 15.5 Å². The Balaban J connectivity index is 2.32. The summed E-state index contributed by atoms with van der Waals surface area (Å²) in [7, 11) is 0.714. The number of hydrogen-bond donors (Lipinski definition) is 0. The summed E-state index contributed by atoms with van der Waals surface area (Å²) in [5.41, 5.74) is 3.05. The van der Waals surface area contributed by atoms with Crippen molar-refractivity contribution in [3.63, 3.8) is 0 Å². The molecule has 116 valence electrons. The molecule has 1 unspecified atom stereocenters. The Hall–Kier alpha value is -0.970. The third-order valence-corrected chi connectivity index (χ3v) is 6.03. The molecule has 2 heteroatoms. The SMILES string of the molecule is CC(C)(C)c1ccc2c(c1)[pH]c1cc(C(C)(C)C)cc(Cl)c12. The third kappa shape index (κ3) is 2.68. The topological polar surface area (TPSA) is 0 Å². The van der Waals surface area contributed by atoms with Gasteiger partial charge in [-0.2, -0.15) is 0 Å². The monoisotopic (exact) mass is 330 g/mol. The van der Waals surface area contributed by atoms with Gasteiger partial charge in [0.05, 0.1) is 0 Å². The fourth-order valence-corrected chi connectivity index (χ4v) is 4.77. The maximum atomic E-state index is 6.64. The number of hydrogen-bond acceptors (Lipinski definition) is 0. The van der Waals surface area contributed by atoms with Crippen molar-refractivity contribution < 1.29 is 0 Å². The van der Waals surface area contributed by atoms with Gasteiger partial charge in [0.1, 0.15) is 0 Å². The molecule has 1 aromatic heterocycles. The van der Waals surface area contributed by atoms with Crippen molar-refractivity contribution in [2.75, 3.05) is 0 Å². The molecule has 1 atom stereocenters. The van der Waals surface area contributed by atoms with E-state index >= 15 is 0 Å². The first-order valence-corrected chi connectivity index (χ1v) is 9.21. The van der Waals surface area contributed by atoms with Gasteiger partial charge in [0.25, 0.3) is 0 Å². The van der Waals surface area contributed by atoms with Crippen molar-refractivity contribution in [1.82, 2.24) is 0 Å². The van der Waals surface area contributed by atoms with Crippen LogP contribution in [0.15, 0.2) is 30.3 Å². The zero-order valence-corrected chi connectivity index (χ0v) is 16.0. The van der Waals surface area contributed by atoms with Crippen molar-refractivity contribution >= 4 is 40.8 Å². The molecular weight excluding hydrogens is 307 g/mol. The third-order valence-electron chi connectivity index (χ3n) is 4.38. The van der Waals surface area contributed by atoms with Crippen molar-refractivity contribution in [1.29, 1.82) is 0 Å². The molecule has 0 bridgehead atoms. The minimum absolute atomic E-state index is 0.133. The first-order valence-electron chi connectivity index (χ1n) is 7.83. The predicted octanol–water partition coefficient (Wildman–Crippen LogP) is 7.27. The molecule has 0 saturated heterocycles. The van der Waals surface area contributed by atoms with E-state index in [2.05, 4.69) is 71.9 Å². The smallest absolute Gasteiger partial charge is 0.0496 e. The lowest BCUT2D eigenvalue weighted by atomic mass is 9.86. The van der Waals surface area contributed by atoms with Crippen molar-refractivity contribution in [3.05, 3.63) is 46.5 Å². The molecule has 3 rings (SSSR count). The summed E-state index contributed by atoms with van der Waals surface area (Å²) in [6.45, 7) is 13.5. The molecule has 0 radical (unpaired) electrons. The highest BCUT2D eigenvalue weighted by Gasteiger charge is 2.19. The summed E-state index contributed by atoms with van der Waals surface area (Å²) in [4.78, 5) is 0. The molecule has 0 aliphatic heterocycles. The second kappa shape index (κ2) is 5.02. The molecule has 0 aliphatic carbocycles. The minimum atomic E-state index is 0.133. The summed E-state index contributed by atoms with van der Waals surface area (Å²) in [6.07, 6.45) is 0. The maximum Gasteiger partial charge on any atom is 0.0496 e. The van der Waals surface area contributed by atoms with Crippen molar-refractivity contribution in [2.24, 2.45) is 0 Å². The molecular formula is C20H24ClP. The van der Waals surface area contributed by atoms with E-state index in [1.807, 2.05) is 0 Å². The lowest BCUT2D eigenvalue weighted by molar-refractivity contribution is 0.591. The van der Waals surface area contributed by atoms with Crippen LogP contribution in [0.25, 0.3) is 21.0 Å². The lowest BCUT2D eigenvalue weighted by Crippen LogP contribution is -2.10. The Morgan fingerprint density at radius 3 is 1.95 bits per heavy atom. The number of halogens is 1. The van der Waals surface area contributed by atoms with Crippen LogP contribution < -0.4 is 0 Å². The molecule has 2 aromatic carbocycles. The van der Waals surface area contributed by atoms with E-state index in [-0.39, 0.29) is 10.8 Å². The molecule has 0 fully saturated rings. The molecule has 0 N–H and O–H groups in total. The van der Waals surface area contributed by atoms with E-state index in [4.69, 9.17) is 11.6 Å². The van der Waals surface area contributed by atoms with E-state index in [1.165, 1.54) is 32.1 Å². The van der Waals surface area contributed by atoms with E-state index in [1.54, 1.807) is 0 Å². The average Bonchev–Trinajstić information content (AvgIpc) is 2.74. The molecule has 0 spiro atoms. The highest BCUT2D eigenvalue weighted by molar-refractivity contribution is 7.44. The fourth-order valence-electron chi connectivity index (χ4n) is 2.89. The Bertz CT molecular complexity index is 857. The van der Waals surface area contributed by atoms with Crippen LogP contribution in [0.5, 0.6) is 0 Å². The van der Waals surface area contributed by atoms with Gasteiger partial charge in [0.15, 0.2) is 0 Å². The van der Waals surface area contributed by atoms with Crippen LogP contribution in [0.2, 0.25) is 5.02 Å². The van der Waals surface area contributed by atoms with Gasteiger partial charge in [-0.1, -0.05) is 65.3 Å². The van der Waals surface area contributed by atoms with E-state index < -0.39 is 0 Å². The van der Waals surface area contributed by atoms with Crippen LogP contribution in [-0.4, -0.2) is 0 Å². The first kappa shape index (κ1) is 15.9. The summed E-state index contributed by atoms with van der Waals surface area (Å²) in [6, 6.07) is 11.4. The highest BCUT2D eigenvalue weighted by Crippen LogP contribution is 2.44. The largest absolute Gasteiger partial charge is 0.123 e. The van der Waals surface area contributed by atoms with Gasteiger partial charge in [-0.15, -0.1) is 8.19 Å². The quantitative estimate of drug-likeness (QED) is 0.406. The Morgan fingerprint density at radius 2 is 1.36 bits per heavy atom. The standard InChI is InChI=1S/C20H24ClP/c1-19(2,3)12-7-8-14-16(10-12)22-17-11-13(20(4,5)6)9-15(21)18(14)17/h7-11,22H,1-6H3. The van der Waals surface area contributed by atoms with Crippen molar-refractivity contribution in [2.45, 2.75) is 52.4 Å². The van der Waals surface area contributed by atoms with Crippen LogP contribution in [0, 0.1) is 0 Å². The number of fused-ring (bicyclic) bond motifs is 3. The maximum absolute atomic E-state index is 6.64. The van der Waals surface area contributed by atoms with Gasteiger partial charge in [-0.05, 0) is 50.7 Å². The fraction of sp³-hybridized carbons (Fsp3) is 0.400. The Labute approximate surface area is 140 Å². The van der Waals surface area contributed by atoms with Crippen LogP contribution in [0.3, 0.4) is 0 Å². The zero-order chi connectivity index (χ0) is 16.3. The first-order chi connectivity index (χ1) is 10.1. The normalized spacial score (nSPS) is 13.6. The Kier molecular flexibility index (Phi) is 3.63. The van der Waals surface area contributed by atoms with Gasteiger partial charge in [-0.25, -0.2) is 0 Å². The van der Waals surface area contributed by atoms with Gasteiger partial charge >= 0.3 is 0 Å². The van der Waals surface area contributed by atoms with Gasteiger partial charge in [-0.3, -0.25) is 0 Å². The Morgan fingerprint density at radius 1 is 0.773 bits per heavy atom. The van der Waals surface area contributed by atoms with E-state index in [0.29, 0.717) is 8.19 Å². The van der Waals surface area contributed by atoms with E-state index in [9.17, 15) is 0 Å². The highest BCUT2D eigenvalue weighted by atomic mass is 35.5. The lowest BCUT2D eigenvalue weighted by Gasteiger charge is -2.19. The molecule has 3 aromatic rings. The second-order valence-corrected chi connectivity index (χ2v) is 10.0. The summed E-state index contributed by atoms with van der Waals surface area (Å²) in [5.74, 6) is 0. The zero-order valence-electron chi connectivity index (χ0n) is 14.3. The summed E-state index contributed by atoms with van der Waals surface area (Å²) in [5, 5.41) is 6.32. The molecule has 0 nitrogen and oxygen atoms in total. The van der Waals surface area contributed by atoms with Crippen molar-refractivity contribution in [3.8, 4) is 0 Å². The molecule has 0 amide bonds. The molecule has 0 saturated carbocycles. The molecule has 0 aliphatic rings. The van der Waals surface area contributed by atoms with Gasteiger partial charge in [0.2, 0.25) is 0 Å². The second-order valence-electron chi connectivity index (χ2n) is 8.27. The van der Waals surface area contributed by atoms with Crippen LogP contribution in [0.4, 0.5) is 0 Å². The minimum Gasteiger partial charge on any atom is -0.123 e. The summed E-state index contributed by atoms with van der Waals surface area (Å²) >= 11 is 6.64. The van der Waals surface area contributed by atoms with Crippen LogP contribution >= 0.6 is 19.8 Å². The number of benzene rings is 2. The van der Waals surface area contributed by atoms with Gasteiger partial charge < -0.3 is 0 Å².